The lowest BCUT2D eigenvalue weighted by Crippen LogP contribution is -2.49. The topological polar surface area (TPSA) is 60.9 Å². The number of nitrogens with zero attached hydrogens (tertiary/aromatic N) is 2. The molecule has 0 atom stereocenters. The number of aryl methyl sites for hydroxylation is 2. The van der Waals surface area contributed by atoms with E-state index in [4.69, 9.17) is 23.2 Å². The molecular formula is C18H20Cl2N2O3S. The number of sulfonamides is 1. The van der Waals surface area contributed by atoms with Crippen LogP contribution in [0, 0.1) is 13.8 Å². The molecule has 8 heteroatoms. The van der Waals surface area contributed by atoms with E-state index < -0.39 is 15.8 Å². The molecule has 0 spiro atoms. The number of phenolic OH excluding ortho intramolecular Hbond substituents is 1. The van der Waals surface area contributed by atoms with E-state index in [1.807, 2.05) is 6.07 Å². The van der Waals surface area contributed by atoms with Gasteiger partial charge >= 0.3 is 0 Å². The van der Waals surface area contributed by atoms with E-state index in [0.717, 1.165) is 5.69 Å². The van der Waals surface area contributed by atoms with Gasteiger partial charge in [0.15, 0.2) is 5.75 Å². The smallest absolute Gasteiger partial charge is 0.246 e. The first kappa shape index (κ1) is 19.3. The summed E-state index contributed by atoms with van der Waals surface area (Å²) in [6, 6.07) is 8.67. The van der Waals surface area contributed by atoms with Gasteiger partial charge in [-0.25, -0.2) is 8.42 Å². The normalized spacial score (nSPS) is 16.1. The van der Waals surface area contributed by atoms with E-state index in [1.54, 1.807) is 0 Å². The monoisotopic (exact) mass is 414 g/mol. The first-order valence-electron chi connectivity index (χ1n) is 8.21. The van der Waals surface area contributed by atoms with Crippen molar-refractivity contribution in [3.63, 3.8) is 0 Å². The molecular weight excluding hydrogens is 395 g/mol. The molecule has 1 fully saturated rings. The minimum atomic E-state index is -3.88. The fourth-order valence-corrected chi connectivity index (χ4v) is 5.50. The number of piperazine rings is 1. The zero-order chi connectivity index (χ0) is 19.1. The highest BCUT2D eigenvalue weighted by atomic mass is 35.5. The number of hydrogen-bond acceptors (Lipinski definition) is 4. The van der Waals surface area contributed by atoms with Crippen molar-refractivity contribution in [2.75, 3.05) is 31.1 Å². The van der Waals surface area contributed by atoms with Crippen LogP contribution in [0.1, 0.15) is 11.1 Å². The lowest BCUT2D eigenvalue weighted by Gasteiger charge is -2.37. The van der Waals surface area contributed by atoms with Crippen molar-refractivity contribution in [2.45, 2.75) is 18.7 Å². The van der Waals surface area contributed by atoms with E-state index >= 15 is 0 Å². The van der Waals surface area contributed by atoms with Gasteiger partial charge in [-0.3, -0.25) is 0 Å². The zero-order valence-electron chi connectivity index (χ0n) is 14.5. The highest BCUT2D eigenvalue weighted by molar-refractivity contribution is 7.89. The minimum absolute atomic E-state index is 0.0785. The fraction of sp³-hybridized carbons (Fsp3) is 0.333. The number of halogens is 2. The summed E-state index contributed by atoms with van der Waals surface area (Å²) in [5.74, 6) is -0.465. The predicted molar refractivity (Wildman–Crippen MR) is 105 cm³/mol. The van der Waals surface area contributed by atoms with E-state index in [-0.39, 0.29) is 14.9 Å². The third-order valence-corrected chi connectivity index (χ3v) is 7.02. The van der Waals surface area contributed by atoms with Gasteiger partial charge in [0.25, 0.3) is 0 Å². The molecule has 0 radical (unpaired) electrons. The van der Waals surface area contributed by atoms with Crippen LogP contribution in [0.5, 0.6) is 5.75 Å². The van der Waals surface area contributed by atoms with Crippen LogP contribution in [0.25, 0.3) is 0 Å². The van der Waals surface area contributed by atoms with Gasteiger partial charge in [-0.1, -0.05) is 41.4 Å². The Balaban J connectivity index is 1.84. The Kier molecular flexibility index (Phi) is 5.40. The number of para-hydroxylation sites is 1. The molecule has 0 bridgehead atoms. The van der Waals surface area contributed by atoms with E-state index in [0.29, 0.717) is 26.2 Å². The second-order valence-corrected chi connectivity index (χ2v) is 9.12. The van der Waals surface area contributed by atoms with Crippen LogP contribution in [-0.4, -0.2) is 44.0 Å². The molecule has 1 N–H and O–H groups in total. The Hall–Kier alpha value is -1.47. The first-order chi connectivity index (χ1) is 12.2. The first-order valence-corrected chi connectivity index (χ1v) is 10.4. The van der Waals surface area contributed by atoms with E-state index in [2.05, 4.69) is 30.9 Å². The molecule has 0 aromatic heterocycles. The third kappa shape index (κ3) is 3.51. The molecule has 0 saturated carbocycles. The Morgan fingerprint density at radius 2 is 1.58 bits per heavy atom. The van der Waals surface area contributed by atoms with Crippen LogP contribution in [-0.2, 0) is 10.0 Å². The largest absolute Gasteiger partial charge is 0.505 e. The van der Waals surface area contributed by atoms with Crippen molar-refractivity contribution in [1.29, 1.82) is 0 Å². The lowest BCUT2D eigenvalue weighted by atomic mass is 10.1. The van der Waals surface area contributed by atoms with Gasteiger partial charge in [-0.05, 0) is 37.1 Å². The number of aromatic hydroxyl groups is 1. The van der Waals surface area contributed by atoms with Gasteiger partial charge in [0, 0.05) is 36.9 Å². The average Bonchev–Trinajstić information content (AvgIpc) is 2.58. The number of phenols is 1. The summed E-state index contributed by atoms with van der Waals surface area (Å²) in [6.07, 6.45) is 0. The summed E-state index contributed by atoms with van der Waals surface area (Å²) < 4.78 is 27.2. The van der Waals surface area contributed by atoms with Crippen LogP contribution in [0.3, 0.4) is 0 Å². The summed E-state index contributed by atoms with van der Waals surface area (Å²) >= 11 is 11.8. The quantitative estimate of drug-likeness (QED) is 0.828. The van der Waals surface area contributed by atoms with Crippen LogP contribution in [0.2, 0.25) is 10.0 Å². The SMILES string of the molecule is Cc1cccc(C)c1N1CCN(S(=O)(=O)c2cc(Cl)cc(Cl)c2O)CC1. The van der Waals surface area contributed by atoms with Gasteiger partial charge < -0.3 is 10.0 Å². The maximum absolute atomic E-state index is 12.9. The van der Waals surface area contributed by atoms with Gasteiger partial charge in [-0.15, -0.1) is 0 Å². The molecule has 2 aromatic rings. The van der Waals surface area contributed by atoms with Crippen LogP contribution < -0.4 is 4.90 Å². The van der Waals surface area contributed by atoms with E-state index in [9.17, 15) is 13.5 Å². The lowest BCUT2D eigenvalue weighted by molar-refractivity contribution is 0.380. The summed E-state index contributed by atoms with van der Waals surface area (Å²) in [6.45, 7) is 5.88. The predicted octanol–water partition coefficient (Wildman–Crippen LogP) is 3.83. The highest BCUT2D eigenvalue weighted by Crippen LogP contribution is 2.36. The van der Waals surface area contributed by atoms with Crippen molar-refractivity contribution in [3.05, 3.63) is 51.5 Å². The van der Waals surface area contributed by atoms with Crippen molar-refractivity contribution in [1.82, 2.24) is 4.31 Å². The molecule has 26 heavy (non-hydrogen) atoms. The molecule has 3 rings (SSSR count). The summed E-state index contributed by atoms with van der Waals surface area (Å²) in [4.78, 5) is 1.94. The summed E-state index contributed by atoms with van der Waals surface area (Å²) in [7, 11) is -3.88. The summed E-state index contributed by atoms with van der Waals surface area (Å²) in [5.41, 5.74) is 3.49. The maximum atomic E-state index is 12.9. The molecule has 5 nitrogen and oxygen atoms in total. The van der Waals surface area contributed by atoms with Crippen molar-refractivity contribution >= 4 is 38.9 Å². The van der Waals surface area contributed by atoms with Gasteiger partial charge in [0.1, 0.15) is 4.90 Å². The molecule has 1 aliphatic heterocycles. The maximum Gasteiger partial charge on any atom is 0.246 e. The Bertz CT molecular complexity index is 919. The molecule has 0 aliphatic carbocycles. The molecule has 0 amide bonds. The summed E-state index contributed by atoms with van der Waals surface area (Å²) in [5, 5.41) is 10.2. The Morgan fingerprint density at radius 1 is 1.00 bits per heavy atom. The second kappa shape index (κ2) is 7.27. The average molecular weight is 415 g/mol. The standard InChI is InChI=1S/C18H20Cl2N2O3S/c1-12-4-3-5-13(2)17(12)21-6-8-22(9-7-21)26(24,25)16-11-14(19)10-15(20)18(16)23/h3-5,10-11,23H,6-9H2,1-2H3. The fourth-order valence-electron chi connectivity index (χ4n) is 3.33. The minimum Gasteiger partial charge on any atom is -0.505 e. The number of rotatable bonds is 3. The molecule has 1 heterocycles. The third-order valence-electron chi connectivity index (χ3n) is 4.61. The van der Waals surface area contributed by atoms with Crippen LogP contribution >= 0.6 is 23.2 Å². The van der Waals surface area contributed by atoms with Crippen LogP contribution in [0.15, 0.2) is 35.2 Å². The number of hydrogen-bond donors (Lipinski definition) is 1. The number of benzene rings is 2. The van der Waals surface area contributed by atoms with Gasteiger partial charge in [0.05, 0.1) is 5.02 Å². The Labute approximate surface area is 163 Å². The second-order valence-electron chi connectivity index (χ2n) is 6.37. The molecule has 2 aromatic carbocycles. The zero-order valence-corrected chi connectivity index (χ0v) is 16.9. The highest BCUT2D eigenvalue weighted by Gasteiger charge is 2.32. The van der Waals surface area contributed by atoms with Gasteiger partial charge in [-0.2, -0.15) is 4.31 Å². The molecule has 1 aliphatic rings. The molecule has 1 saturated heterocycles. The Morgan fingerprint density at radius 3 is 2.15 bits per heavy atom. The van der Waals surface area contributed by atoms with Crippen LogP contribution in [0.4, 0.5) is 5.69 Å². The van der Waals surface area contributed by atoms with Crippen molar-refractivity contribution < 1.29 is 13.5 Å². The van der Waals surface area contributed by atoms with E-state index in [1.165, 1.54) is 27.6 Å². The molecule has 0 unspecified atom stereocenters. The molecule has 140 valence electrons. The van der Waals surface area contributed by atoms with Crippen molar-refractivity contribution in [2.24, 2.45) is 0 Å². The number of anilines is 1. The van der Waals surface area contributed by atoms with Crippen molar-refractivity contribution in [3.8, 4) is 5.75 Å². The van der Waals surface area contributed by atoms with Gasteiger partial charge in [0.2, 0.25) is 10.0 Å².